The van der Waals surface area contributed by atoms with Gasteiger partial charge < -0.3 is 20.3 Å². The average Bonchev–Trinajstić information content (AvgIpc) is 2.86. The van der Waals surface area contributed by atoms with Crippen LogP contribution in [-0.2, 0) is 21.2 Å². The first-order valence-electron chi connectivity index (χ1n) is 11.6. The quantitative estimate of drug-likeness (QED) is 0.453. The third-order valence-electron chi connectivity index (χ3n) is 6.54. The molecular weight excluding hydrogens is 480 g/mol. The minimum atomic E-state index is -3.86. The number of primary amides is 1. The second kappa shape index (κ2) is 10.7. The lowest BCUT2D eigenvalue weighted by Crippen LogP contribution is -2.54. The number of aliphatic hydroxyl groups is 1. The number of nitrogens with zero attached hydrogens (tertiary/aromatic N) is 1. The molecule has 0 saturated carbocycles. The number of para-hydroxylation sites is 1. The van der Waals surface area contributed by atoms with Crippen molar-refractivity contribution in [3.63, 3.8) is 0 Å². The van der Waals surface area contributed by atoms with Crippen molar-refractivity contribution < 1.29 is 27.8 Å². The standard InChI is InChI=1S/C27H30N2O6S/c1-34-23-9-5-6-20(16-23)18-29-15-14-27(26(28)31,17-25(29)30)19-36(32,33)24-12-10-22(11-13-24)35-21-7-3-2-4-8-21/h2-13,16,25,30H,14-15,17-19H2,1H3,(H2,28,31). The first-order valence-corrected chi connectivity index (χ1v) is 13.3. The van der Waals surface area contributed by atoms with Crippen LogP contribution in [0.1, 0.15) is 18.4 Å². The monoisotopic (exact) mass is 510 g/mol. The lowest BCUT2D eigenvalue weighted by Gasteiger charge is -2.42. The highest BCUT2D eigenvalue weighted by molar-refractivity contribution is 7.91. The molecule has 0 bridgehead atoms. The van der Waals surface area contributed by atoms with E-state index in [1.54, 1.807) is 36.3 Å². The van der Waals surface area contributed by atoms with Crippen LogP contribution in [-0.4, -0.2) is 50.0 Å². The van der Waals surface area contributed by atoms with E-state index in [0.717, 1.165) is 5.56 Å². The van der Waals surface area contributed by atoms with Gasteiger partial charge in [-0.3, -0.25) is 9.69 Å². The van der Waals surface area contributed by atoms with Gasteiger partial charge in [0.2, 0.25) is 5.91 Å². The number of rotatable bonds is 9. The van der Waals surface area contributed by atoms with E-state index < -0.39 is 33.1 Å². The maximum atomic E-state index is 13.3. The Kier molecular flexibility index (Phi) is 7.63. The SMILES string of the molecule is COc1cccc(CN2CCC(CS(=O)(=O)c3ccc(Oc4ccccc4)cc3)(C(N)=O)CC2O)c1. The van der Waals surface area contributed by atoms with Crippen LogP contribution in [0.4, 0.5) is 0 Å². The number of nitrogens with two attached hydrogens (primary N) is 1. The lowest BCUT2D eigenvalue weighted by molar-refractivity contribution is -0.137. The average molecular weight is 511 g/mol. The van der Waals surface area contributed by atoms with Gasteiger partial charge in [0.25, 0.3) is 0 Å². The summed E-state index contributed by atoms with van der Waals surface area (Å²) in [5, 5.41) is 10.9. The molecule has 3 aromatic carbocycles. The molecule has 0 spiro atoms. The Bertz CT molecular complexity index is 1300. The van der Waals surface area contributed by atoms with Gasteiger partial charge in [0.15, 0.2) is 9.84 Å². The number of carbonyl (C=O) groups is 1. The molecule has 1 aliphatic heterocycles. The van der Waals surface area contributed by atoms with E-state index in [1.807, 2.05) is 42.5 Å². The second-order valence-corrected chi connectivity index (χ2v) is 11.0. The van der Waals surface area contributed by atoms with E-state index in [0.29, 0.717) is 30.3 Å². The number of amides is 1. The van der Waals surface area contributed by atoms with Crippen LogP contribution in [0.3, 0.4) is 0 Å². The zero-order chi connectivity index (χ0) is 25.8. The van der Waals surface area contributed by atoms with Gasteiger partial charge in [0.05, 0.1) is 23.2 Å². The first kappa shape index (κ1) is 25.7. The zero-order valence-electron chi connectivity index (χ0n) is 20.0. The van der Waals surface area contributed by atoms with Crippen molar-refractivity contribution in [1.29, 1.82) is 0 Å². The molecule has 190 valence electrons. The second-order valence-electron chi connectivity index (χ2n) is 9.05. The van der Waals surface area contributed by atoms with Crippen molar-refractivity contribution in [2.24, 2.45) is 11.1 Å². The summed E-state index contributed by atoms with van der Waals surface area (Å²) in [7, 11) is -2.28. The number of aliphatic hydroxyl groups excluding tert-OH is 1. The predicted octanol–water partition coefficient (Wildman–Crippen LogP) is 3.35. The third kappa shape index (κ3) is 5.87. The largest absolute Gasteiger partial charge is 0.497 e. The Morgan fingerprint density at radius 3 is 2.33 bits per heavy atom. The molecule has 2 atom stereocenters. The van der Waals surface area contributed by atoms with Crippen LogP contribution < -0.4 is 15.2 Å². The van der Waals surface area contributed by atoms with E-state index >= 15 is 0 Å². The van der Waals surface area contributed by atoms with Crippen molar-refractivity contribution in [2.75, 3.05) is 19.4 Å². The summed E-state index contributed by atoms with van der Waals surface area (Å²) in [5.41, 5.74) is 5.29. The van der Waals surface area contributed by atoms with Crippen LogP contribution in [0, 0.1) is 5.41 Å². The van der Waals surface area contributed by atoms with Crippen molar-refractivity contribution in [1.82, 2.24) is 4.90 Å². The minimum Gasteiger partial charge on any atom is -0.497 e. The molecule has 8 nitrogen and oxygen atoms in total. The number of benzene rings is 3. The normalized spacial score (nSPS) is 20.6. The molecule has 2 unspecified atom stereocenters. The van der Waals surface area contributed by atoms with E-state index in [9.17, 15) is 18.3 Å². The molecular formula is C27H30N2O6S. The molecule has 4 rings (SSSR count). The van der Waals surface area contributed by atoms with Crippen molar-refractivity contribution in [3.05, 3.63) is 84.4 Å². The van der Waals surface area contributed by atoms with Crippen LogP contribution in [0.2, 0.25) is 0 Å². The number of carbonyl (C=O) groups excluding carboxylic acids is 1. The van der Waals surface area contributed by atoms with Crippen molar-refractivity contribution in [2.45, 2.75) is 30.5 Å². The van der Waals surface area contributed by atoms with Crippen LogP contribution in [0.5, 0.6) is 17.2 Å². The van der Waals surface area contributed by atoms with Crippen LogP contribution in [0.15, 0.2) is 83.8 Å². The van der Waals surface area contributed by atoms with E-state index in [1.165, 1.54) is 12.1 Å². The molecule has 0 aromatic heterocycles. The third-order valence-corrected chi connectivity index (χ3v) is 8.47. The summed E-state index contributed by atoms with van der Waals surface area (Å²) < 4.78 is 37.5. The molecule has 1 fully saturated rings. The van der Waals surface area contributed by atoms with Gasteiger partial charge in [0.1, 0.15) is 23.5 Å². The van der Waals surface area contributed by atoms with Gasteiger partial charge in [-0.25, -0.2) is 8.42 Å². The number of ether oxygens (including phenoxy) is 2. The molecule has 1 heterocycles. The zero-order valence-corrected chi connectivity index (χ0v) is 20.9. The molecule has 1 saturated heterocycles. The summed E-state index contributed by atoms with van der Waals surface area (Å²) in [6.45, 7) is 0.753. The van der Waals surface area contributed by atoms with Gasteiger partial charge in [-0.1, -0.05) is 30.3 Å². The van der Waals surface area contributed by atoms with Crippen molar-refractivity contribution in [3.8, 4) is 17.2 Å². The van der Waals surface area contributed by atoms with Crippen molar-refractivity contribution >= 4 is 15.7 Å². The molecule has 1 aliphatic rings. The number of sulfone groups is 1. The van der Waals surface area contributed by atoms with Gasteiger partial charge >= 0.3 is 0 Å². The maximum Gasteiger partial charge on any atom is 0.224 e. The highest BCUT2D eigenvalue weighted by atomic mass is 32.2. The smallest absolute Gasteiger partial charge is 0.224 e. The lowest BCUT2D eigenvalue weighted by atomic mass is 9.78. The molecule has 0 radical (unpaired) electrons. The Labute approximate surface area is 211 Å². The van der Waals surface area contributed by atoms with Gasteiger partial charge in [-0.15, -0.1) is 0 Å². The predicted molar refractivity (Wildman–Crippen MR) is 135 cm³/mol. The molecule has 9 heteroatoms. The number of methoxy groups -OCH3 is 1. The minimum absolute atomic E-state index is 0.0665. The molecule has 1 amide bonds. The van der Waals surface area contributed by atoms with Gasteiger partial charge in [-0.05, 0) is 60.5 Å². The summed E-state index contributed by atoms with van der Waals surface area (Å²) in [5.74, 6) is 0.631. The van der Waals surface area contributed by atoms with E-state index in [-0.39, 0.29) is 17.7 Å². The molecule has 3 aromatic rings. The number of hydrogen-bond donors (Lipinski definition) is 2. The summed E-state index contributed by atoms with van der Waals surface area (Å²) in [6, 6.07) is 22.7. The van der Waals surface area contributed by atoms with Gasteiger partial charge in [0, 0.05) is 19.5 Å². The van der Waals surface area contributed by atoms with Gasteiger partial charge in [-0.2, -0.15) is 0 Å². The Morgan fingerprint density at radius 2 is 1.69 bits per heavy atom. The Balaban J connectivity index is 1.46. The topological polar surface area (TPSA) is 119 Å². The number of hydrogen-bond acceptors (Lipinski definition) is 7. The fourth-order valence-corrected chi connectivity index (χ4v) is 6.34. The fourth-order valence-electron chi connectivity index (χ4n) is 4.49. The fraction of sp³-hybridized carbons (Fsp3) is 0.296. The van der Waals surface area contributed by atoms with E-state index in [4.69, 9.17) is 15.2 Å². The Morgan fingerprint density at radius 1 is 1.03 bits per heavy atom. The Hall–Kier alpha value is -3.40. The van der Waals surface area contributed by atoms with Crippen LogP contribution >= 0.6 is 0 Å². The van der Waals surface area contributed by atoms with E-state index in [2.05, 4.69) is 0 Å². The van der Waals surface area contributed by atoms with Crippen LogP contribution in [0.25, 0.3) is 0 Å². The number of likely N-dealkylation sites (tertiary alicyclic amines) is 1. The molecule has 3 N–H and O–H groups in total. The molecule has 36 heavy (non-hydrogen) atoms. The first-order chi connectivity index (χ1) is 17.2. The maximum absolute atomic E-state index is 13.3. The summed E-state index contributed by atoms with van der Waals surface area (Å²) in [6.07, 6.45) is -0.868. The summed E-state index contributed by atoms with van der Waals surface area (Å²) >= 11 is 0. The highest BCUT2D eigenvalue weighted by Crippen LogP contribution is 2.38. The number of piperidine rings is 1. The molecule has 0 aliphatic carbocycles. The summed E-state index contributed by atoms with van der Waals surface area (Å²) in [4.78, 5) is 14.4. The highest BCUT2D eigenvalue weighted by Gasteiger charge is 2.47.